The lowest BCUT2D eigenvalue weighted by Gasteiger charge is -2.27. The Hall–Kier alpha value is -1.59. The summed E-state index contributed by atoms with van der Waals surface area (Å²) in [7, 11) is 0. The number of piperazine rings is 1. The Morgan fingerprint density at radius 3 is 2.77 bits per heavy atom. The van der Waals surface area contributed by atoms with Gasteiger partial charge in [-0.1, -0.05) is 25.1 Å². The second-order valence-corrected chi connectivity index (χ2v) is 5.66. The Balaban J connectivity index is 1.77. The maximum absolute atomic E-state index is 12.3. The summed E-state index contributed by atoms with van der Waals surface area (Å²) >= 11 is 0. The molecule has 2 N–H and O–H groups in total. The number of aryl methyl sites for hydroxylation is 1. The first-order valence-electron chi connectivity index (χ1n) is 8.13. The summed E-state index contributed by atoms with van der Waals surface area (Å²) in [5.74, 6) is 0.757. The average Bonchev–Trinajstić information content (AvgIpc) is 2.55. The third-order valence-corrected chi connectivity index (χ3v) is 3.96. The van der Waals surface area contributed by atoms with E-state index < -0.39 is 6.10 Å². The summed E-state index contributed by atoms with van der Waals surface area (Å²) in [6.07, 6.45) is 0.234. The second-order valence-electron chi connectivity index (χ2n) is 5.66. The van der Waals surface area contributed by atoms with E-state index in [2.05, 4.69) is 15.5 Å². The van der Waals surface area contributed by atoms with Gasteiger partial charge < -0.3 is 15.4 Å². The van der Waals surface area contributed by atoms with Crippen molar-refractivity contribution in [3.05, 3.63) is 29.8 Å². The zero-order valence-electron chi connectivity index (χ0n) is 13.6. The standard InChI is InChI=1S/C17H27N3O2/c1-3-15(22-16-7-5-4-6-14(16)2)17(21)19-10-13-20-11-8-18-9-12-20/h4-7,15,18H,3,8-13H2,1-2H3,(H,19,21). The van der Waals surface area contributed by atoms with Gasteiger partial charge >= 0.3 is 0 Å². The van der Waals surface area contributed by atoms with Crippen LogP contribution < -0.4 is 15.4 Å². The molecule has 1 fully saturated rings. The molecule has 0 saturated carbocycles. The highest BCUT2D eigenvalue weighted by atomic mass is 16.5. The summed E-state index contributed by atoms with van der Waals surface area (Å²) in [5, 5.41) is 6.32. The third kappa shape index (κ3) is 5.00. The lowest BCUT2D eigenvalue weighted by atomic mass is 10.2. The summed E-state index contributed by atoms with van der Waals surface area (Å²) in [5.41, 5.74) is 1.05. The van der Waals surface area contributed by atoms with Crippen LogP contribution in [0.3, 0.4) is 0 Å². The van der Waals surface area contributed by atoms with Crippen molar-refractivity contribution >= 4 is 5.91 Å². The van der Waals surface area contributed by atoms with Crippen LogP contribution in [0.2, 0.25) is 0 Å². The average molecular weight is 305 g/mol. The molecule has 22 heavy (non-hydrogen) atoms. The fraction of sp³-hybridized carbons (Fsp3) is 0.588. The van der Waals surface area contributed by atoms with Crippen LogP contribution in [0.15, 0.2) is 24.3 Å². The molecule has 2 rings (SSSR count). The molecule has 0 radical (unpaired) electrons. The van der Waals surface area contributed by atoms with Crippen LogP contribution >= 0.6 is 0 Å². The number of benzene rings is 1. The van der Waals surface area contributed by atoms with Crippen molar-refractivity contribution in [3.8, 4) is 5.75 Å². The van der Waals surface area contributed by atoms with Gasteiger partial charge in [0.05, 0.1) is 0 Å². The number of carbonyl (C=O) groups excluding carboxylic acids is 1. The highest BCUT2D eigenvalue weighted by Crippen LogP contribution is 2.18. The molecule has 1 aliphatic rings. The van der Waals surface area contributed by atoms with Crippen LogP contribution in [0.4, 0.5) is 0 Å². The van der Waals surface area contributed by atoms with Crippen LogP contribution in [0.5, 0.6) is 5.75 Å². The molecule has 0 aliphatic carbocycles. The first-order valence-corrected chi connectivity index (χ1v) is 8.13. The van der Waals surface area contributed by atoms with E-state index in [4.69, 9.17) is 4.74 Å². The minimum absolute atomic E-state index is 0.0270. The minimum Gasteiger partial charge on any atom is -0.480 e. The van der Waals surface area contributed by atoms with Gasteiger partial charge in [0.2, 0.25) is 0 Å². The van der Waals surface area contributed by atoms with E-state index in [0.29, 0.717) is 13.0 Å². The van der Waals surface area contributed by atoms with Crippen molar-refractivity contribution in [1.82, 2.24) is 15.5 Å². The summed E-state index contributed by atoms with van der Waals surface area (Å²) in [4.78, 5) is 14.6. The number of carbonyl (C=O) groups is 1. The highest BCUT2D eigenvalue weighted by Gasteiger charge is 2.19. The predicted molar refractivity (Wildman–Crippen MR) is 88.2 cm³/mol. The Morgan fingerprint density at radius 1 is 1.36 bits per heavy atom. The number of nitrogens with one attached hydrogen (secondary N) is 2. The minimum atomic E-state index is -0.427. The van der Waals surface area contributed by atoms with E-state index in [0.717, 1.165) is 44.0 Å². The van der Waals surface area contributed by atoms with Gasteiger partial charge in [0.15, 0.2) is 6.10 Å². The molecule has 5 heteroatoms. The molecular weight excluding hydrogens is 278 g/mol. The molecule has 1 aliphatic heterocycles. The SMILES string of the molecule is CCC(Oc1ccccc1C)C(=O)NCCN1CCNCC1. The van der Waals surface area contributed by atoms with Crippen LogP contribution in [0, 0.1) is 6.92 Å². The number of para-hydroxylation sites is 1. The van der Waals surface area contributed by atoms with E-state index in [9.17, 15) is 4.79 Å². The number of hydrogen-bond donors (Lipinski definition) is 2. The van der Waals surface area contributed by atoms with Crippen LogP contribution in [-0.2, 0) is 4.79 Å². The van der Waals surface area contributed by atoms with Crippen molar-refractivity contribution in [2.24, 2.45) is 0 Å². The third-order valence-electron chi connectivity index (χ3n) is 3.96. The van der Waals surface area contributed by atoms with Crippen molar-refractivity contribution in [2.75, 3.05) is 39.3 Å². The van der Waals surface area contributed by atoms with Crippen LogP contribution in [0.25, 0.3) is 0 Å². The van der Waals surface area contributed by atoms with Crippen molar-refractivity contribution < 1.29 is 9.53 Å². The highest BCUT2D eigenvalue weighted by molar-refractivity contribution is 5.81. The number of amides is 1. The van der Waals surface area contributed by atoms with E-state index in [-0.39, 0.29) is 5.91 Å². The lowest BCUT2D eigenvalue weighted by molar-refractivity contribution is -0.128. The molecule has 0 aromatic heterocycles. The molecule has 5 nitrogen and oxygen atoms in total. The molecular formula is C17H27N3O2. The van der Waals surface area contributed by atoms with Gasteiger partial charge in [-0.15, -0.1) is 0 Å². The second kappa shape index (κ2) is 8.76. The van der Waals surface area contributed by atoms with Gasteiger partial charge in [-0.2, -0.15) is 0 Å². The molecule has 0 bridgehead atoms. The molecule has 1 heterocycles. The number of hydrogen-bond acceptors (Lipinski definition) is 4. The summed E-state index contributed by atoms with van der Waals surface area (Å²) < 4.78 is 5.86. The maximum Gasteiger partial charge on any atom is 0.261 e. The van der Waals surface area contributed by atoms with Gasteiger partial charge in [-0.25, -0.2) is 0 Å². The topological polar surface area (TPSA) is 53.6 Å². The van der Waals surface area contributed by atoms with E-state index >= 15 is 0 Å². The van der Waals surface area contributed by atoms with Gasteiger partial charge in [-0.05, 0) is 25.0 Å². The first kappa shape index (κ1) is 16.8. The van der Waals surface area contributed by atoms with Crippen LogP contribution in [-0.4, -0.2) is 56.2 Å². The summed E-state index contributed by atoms with van der Waals surface area (Å²) in [6.45, 7) is 9.69. The number of nitrogens with zero attached hydrogens (tertiary/aromatic N) is 1. The van der Waals surface area contributed by atoms with Gasteiger partial charge in [-0.3, -0.25) is 9.69 Å². The van der Waals surface area contributed by atoms with Crippen LogP contribution in [0.1, 0.15) is 18.9 Å². The lowest BCUT2D eigenvalue weighted by Crippen LogP contribution is -2.47. The first-order chi connectivity index (χ1) is 10.7. The Morgan fingerprint density at radius 2 is 2.09 bits per heavy atom. The van der Waals surface area contributed by atoms with Crippen molar-refractivity contribution in [1.29, 1.82) is 0 Å². The maximum atomic E-state index is 12.3. The summed E-state index contributed by atoms with van der Waals surface area (Å²) in [6, 6.07) is 7.80. The molecule has 1 atom stereocenters. The number of rotatable bonds is 7. The predicted octanol–water partition coefficient (Wildman–Crippen LogP) is 1.17. The quantitative estimate of drug-likeness (QED) is 0.794. The zero-order chi connectivity index (χ0) is 15.8. The van der Waals surface area contributed by atoms with Gasteiger partial charge in [0, 0.05) is 39.3 Å². The van der Waals surface area contributed by atoms with Crippen molar-refractivity contribution in [2.45, 2.75) is 26.4 Å². The fourth-order valence-electron chi connectivity index (χ4n) is 2.55. The van der Waals surface area contributed by atoms with E-state index in [1.807, 2.05) is 38.1 Å². The molecule has 1 saturated heterocycles. The van der Waals surface area contributed by atoms with E-state index in [1.54, 1.807) is 0 Å². The molecule has 1 unspecified atom stereocenters. The molecule has 0 spiro atoms. The number of ether oxygens (including phenoxy) is 1. The Bertz CT molecular complexity index is 473. The Kier molecular flexibility index (Phi) is 6.68. The normalized spacial score (nSPS) is 17.0. The molecule has 1 amide bonds. The molecule has 122 valence electrons. The monoisotopic (exact) mass is 305 g/mol. The largest absolute Gasteiger partial charge is 0.480 e. The fourth-order valence-corrected chi connectivity index (χ4v) is 2.55. The van der Waals surface area contributed by atoms with Gasteiger partial charge in [0.1, 0.15) is 5.75 Å². The van der Waals surface area contributed by atoms with E-state index in [1.165, 1.54) is 0 Å². The van der Waals surface area contributed by atoms with Crippen molar-refractivity contribution in [3.63, 3.8) is 0 Å². The molecule has 1 aromatic rings. The zero-order valence-corrected chi connectivity index (χ0v) is 13.6. The van der Waals surface area contributed by atoms with Gasteiger partial charge in [0.25, 0.3) is 5.91 Å². The molecule has 1 aromatic carbocycles. The smallest absolute Gasteiger partial charge is 0.261 e. The Labute approximate surface area is 133 Å².